The summed E-state index contributed by atoms with van der Waals surface area (Å²) in [6, 6.07) is 2.59. The van der Waals surface area contributed by atoms with Crippen LogP contribution in [0.4, 0.5) is 17.6 Å². The van der Waals surface area contributed by atoms with Gasteiger partial charge in [-0.15, -0.1) is 0 Å². The summed E-state index contributed by atoms with van der Waals surface area (Å²) in [6.07, 6.45) is -4.00. The van der Waals surface area contributed by atoms with Gasteiger partial charge in [0.05, 0.1) is 17.8 Å². The van der Waals surface area contributed by atoms with Crippen molar-refractivity contribution in [2.24, 2.45) is 4.99 Å². The number of hydrogen-bond donors (Lipinski definition) is 2. The van der Waals surface area contributed by atoms with Crippen LogP contribution >= 0.6 is 0 Å². The van der Waals surface area contributed by atoms with Crippen molar-refractivity contribution in [3.8, 4) is 0 Å². The molecule has 2 N–H and O–H groups in total. The zero-order valence-electron chi connectivity index (χ0n) is 15.4. The number of aromatic nitrogens is 1. The topological polar surface area (TPSA) is 62.5 Å². The van der Waals surface area contributed by atoms with Crippen molar-refractivity contribution >= 4 is 5.96 Å². The predicted molar refractivity (Wildman–Crippen MR) is 93.9 cm³/mol. The average molecular weight is 386 g/mol. The van der Waals surface area contributed by atoms with Gasteiger partial charge in [0, 0.05) is 18.7 Å². The fraction of sp³-hybridized carbons (Fsp3) is 0.444. The first-order valence-electron chi connectivity index (χ1n) is 8.52. The number of aliphatic imine (C=N–C) groups is 1. The lowest BCUT2D eigenvalue weighted by molar-refractivity contribution is -0.138. The van der Waals surface area contributed by atoms with E-state index in [2.05, 4.69) is 20.8 Å². The van der Waals surface area contributed by atoms with Gasteiger partial charge in [0.1, 0.15) is 11.6 Å². The smallest absolute Gasteiger partial charge is 0.361 e. The van der Waals surface area contributed by atoms with E-state index in [-0.39, 0.29) is 12.1 Å². The number of alkyl halides is 3. The molecule has 2 aromatic rings. The highest BCUT2D eigenvalue weighted by atomic mass is 19.4. The molecule has 5 nitrogen and oxygen atoms in total. The Balaban J connectivity index is 2.07. The van der Waals surface area contributed by atoms with Crippen LogP contribution in [0.1, 0.15) is 35.1 Å². The Hall–Kier alpha value is -2.58. The molecule has 9 heteroatoms. The molecule has 0 spiro atoms. The van der Waals surface area contributed by atoms with Gasteiger partial charge < -0.3 is 15.2 Å². The van der Waals surface area contributed by atoms with E-state index in [1.54, 1.807) is 0 Å². The molecule has 1 aromatic carbocycles. The van der Waals surface area contributed by atoms with Crippen molar-refractivity contribution in [2.45, 2.75) is 39.9 Å². The highest BCUT2D eigenvalue weighted by Crippen LogP contribution is 2.32. The number of rotatable bonds is 6. The number of hydrogen-bond acceptors (Lipinski definition) is 3. The molecule has 0 aliphatic rings. The summed E-state index contributed by atoms with van der Waals surface area (Å²) >= 11 is 0. The summed E-state index contributed by atoms with van der Waals surface area (Å²) in [4.78, 5) is 4.18. The van der Waals surface area contributed by atoms with Gasteiger partial charge in [-0.1, -0.05) is 11.2 Å². The summed E-state index contributed by atoms with van der Waals surface area (Å²) in [5, 5.41) is 9.92. The third-order valence-corrected chi connectivity index (χ3v) is 3.98. The van der Waals surface area contributed by atoms with E-state index in [9.17, 15) is 17.6 Å². The van der Waals surface area contributed by atoms with Gasteiger partial charge in [0.25, 0.3) is 0 Å². The van der Waals surface area contributed by atoms with Crippen molar-refractivity contribution in [2.75, 3.05) is 13.1 Å². The van der Waals surface area contributed by atoms with Crippen LogP contribution < -0.4 is 10.6 Å². The second-order valence-corrected chi connectivity index (χ2v) is 5.97. The van der Waals surface area contributed by atoms with E-state index < -0.39 is 17.6 Å². The summed E-state index contributed by atoms with van der Waals surface area (Å²) in [5.74, 6) is 0.179. The molecule has 0 saturated heterocycles. The zero-order valence-corrected chi connectivity index (χ0v) is 15.4. The van der Waals surface area contributed by atoms with Crippen molar-refractivity contribution in [1.82, 2.24) is 15.8 Å². The quantitative estimate of drug-likeness (QED) is 0.451. The van der Waals surface area contributed by atoms with Crippen molar-refractivity contribution in [3.63, 3.8) is 0 Å². The molecule has 0 saturated carbocycles. The van der Waals surface area contributed by atoms with Gasteiger partial charge in [0.2, 0.25) is 0 Å². The summed E-state index contributed by atoms with van der Waals surface area (Å²) in [5.41, 5.74) is 0.679. The molecule has 148 valence electrons. The molecular weight excluding hydrogens is 364 g/mol. The lowest BCUT2D eigenvalue weighted by Crippen LogP contribution is -2.38. The van der Waals surface area contributed by atoms with E-state index in [1.807, 2.05) is 20.8 Å². The largest absolute Gasteiger partial charge is 0.416 e. The van der Waals surface area contributed by atoms with E-state index >= 15 is 0 Å². The van der Waals surface area contributed by atoms with Gasteiger partial charge in [0.15, 0.2) is 5.96 Å². The van der Waals surface area contributed by atoms with Crippen LogP contribution in [-0.4, -0.2) is 24.2 Å². The first-order valence-corrected chi connectivity index (χ1v) is 8.52. The summed E-state index contributed by atoms with van der Waals surface area (Å²) < 4.78 is 57.5. The molecule has 0 radical (unpaired) electrons. The van der Waals surface area contributed by atoms with E-state index in [0.29, 0.717) is 31.5 Å². The number of nitrogens with one attached hydrogen (secondary N) is 2. The maximum absolute atomic E-state index is 13.2. The third-order valence-electron chi connectivity index (χ3n) is 3.98. The maximum atomic E-state index is 13.2. The van der Waals surface area contributed by atoms with Crippen LogP contribution in [0.3, 0.4) is 0 Å². The minimum atomic E-state index is -4.64. The lowest BCUT2D eigenvalue weighted by Gasteiger charge is -2.14. The molecule has 0 atom stereocenters. The summed E-state index contributed by atoms with van der Waals surface area (Å²) in [7, 11) is 0. The molecule has 1 aromatic heterocycles. The number of halogens is 4. The van der Waals surface area contributed by atoms with E-state index in [1.165, 1.54) is 0 Å². The minimum absolute atomic E-state index is 0.0909. The Morgan fingerprint density at radius 3 is 2.56 bits per heavy atom. The first kappa shape index (κ1) is 20.7. The number of nitrogens with zero attached hydrogens (tertiary/aromatic N) is 2. The van der Waals surface area contributed by atoms with Crippen LogP contribution in [0.25, 0.3) is 0 Å². The van der Waals surface area contributed by atoms with Gasteiger partial charge in [-0.05, 0) is 44.9 Å². The Morgan fingerprint density at radius 1 is 1.22 bits per heavy atom. The van der Waals surface area contributed by atoms with Crippen molar-refractivity contribution in [3.05, 3.63) is 52.2 Å². The van der Waals surface area contributed by atoms with Gasteiger partial charge >= 0.3 is 6.18 Å². The highest BCUT2D eigenvalue weighted by molar-refractivity contribution is 5.79. The third kappa shape index (κ3) is 5.70. The van der Waals surface area contributed by atoms with Crippen molar-refractivity contribution < 1.29 is 22.1 Å². The Kier molecular flexibility index (Phi) is 6.81. The Morgan fingerprint density at radius 2 is 1.96 bits per heavy atom. The fourth-order valence-corrected chi connectivity index (χ4v) is 2.62. The average Bonchev–Trinajstić information content (AvgIpc) is 2.91. The minimum Gasteiger partial charge on any atom is -0.361 e. The molecule has 0 amide bonds. The standard InChI is InChI=1S/C18H22F4N4O/c1-4-23-17(24-8-7-15-11(2)26-27-12(15)3)25-10-13-5-6-14(19)9-16(13)18(20,21)22/h5-6,9H,4,7-8,10H2,1-3H3,(H2,23,24,25). The molecule has 27 heavy (non-hydrogen) atoms. The molecule has 0 aliphatic carbocycles. The fourth-order valence-electron chi connectivity index (χ4n) is 2.62. The SMILES string of the molecule is CCNC(=NCc1ccc(F)cc1C(F)(F)F)NCCc1c(C)noc1C. The molecule has 0 unspecified atom stereocenters. The summed E-state index contributed by atoms with van der Waals surface area (Å²) in [6.45, 7) is 6.34. The second kappa shape index (κ2) is 8.88. The monoisotopic (exact) mass is 386 g/mol. The molecule has 0 aliphatic heterocycles. The van der Waals surface area contributed by atoms with Gasteiger partial charge in [-0.25, -0.2) is 9.38 Å². The number of benzene rings is 1. The molecule has 2 rings (SSSR count). The van der Waals surface area contributed by atoms with Gasteiger partial charge in [-0.2, -0.15) is 13.2 Å². The van der Waals surface area contributed by atoms with E-state index in [0.717, 1.165) is 29.2 Å². The first-order chi connectivity index (χ1) is 12.7. The van der Waals surface area contributed by atoms with Gasteiger partial charge in [-0.3, -0.25) is 0 Å². The Bertz CT molecular complexity index is 780. The highest BCUT2D eigenvalue weighted by Gasteiger charge is 2.33. The Labute approximate surface area is 154 Å². The molecule has 0 bridgehead atoms. The predicted octanol–water partition coefficient (Wildman–Crippen LogP) is 3.75. The number of aryl methyl sites for hydroxylation is 2. The molecule has 0 fully saturated rings. The molecule has 1 heterocycles. The molecular formula is C18H22F4N4O. The second-order valence-electron chi connectivity index (χ2n) is 5.97. The van der Waals surface area contributed by atoms with Crippen LogP contribution in [0.15, 0.2) is 27.7 Å². The van der Waals surface area contributed by atoms with E-state index in [4.69, 9.17) is 4.52 Å². The van der Waals surface area contributed by atoms with Crippen LogP contribution in [0.5, 0.6) is 0 Å². The van der Waals surface area contributed by atoms with Crippen molar-refractivity contribution in [1.29, 1.82) is 0 Å². The lowest BCUT2D eigenvalue weighted by atomic mass is 10.1. The van der Waals surface area contributed by atoms with Crippen LogP contribution in [0, 0.1) is 19.7 Å². The zero-order chi connectivity index (χ0) is 20.0. The van der Waals surface area contributed by atoms with Crippen LogP contribution in [0.2, 0.25) is 0 Å². The van der Waals surface area contributed by atoms with Crippen LogP contribution in [-0.2, 0) is 19.1 Å². The maximum Gasteiger partial charge on any atom is 0.416 e. The number of guanidine groups is 1. The normalized spacial score (nSPS) is 12.3.